The molecule has 5 heteroatoms. The van der Waals surface area contributed by atoms with Crippen LogP contribution in [-0.2, 0) is 0 Å². The highest BCUT2D eigenvalue weighted by Gasteiger charge is 2.21. The lowest BCUT2D eigenvalue weighted by Crippen LogP contribution is -2.02. The number of ether oxygens (including phenoxy) is 2. The van der Waals surface area contributed by atoms with E-state index in [1.807, 2.05) is 31.2 Å². The quantitative estimate of drug-likeness (QED) is 0.915. The summed E-state index contributed by atoms with van der Waals surface area (Å²) in [5.74, 6) is 1.27. The topological polar surface area (TPSA) is 38.7 Å². The highest BCUT2D eigenvalue weighted by atomic mass is 79.9. The van der Waals surface area contributed by atoms with Crippen molar-refractivity contribution in [2.45, 2.75) is 13.0 Å². The zero-order chi connectivity index (χ0) is 14.0. The predicted octanol–water partition coefficient (Wildman–Crippen LogP) is 3.92. The van der Waals surface area contributed by atoms with Crippen LogP contribution in [0.5, 0.6) is 11.5 Å². The molecule has 1 aromatic heterocycles. The molecule has 0 radical (unpaired) electrons. The summed E-state index contributed by atoms with van der Waals surface area (Å²) in [6.07, 6.45) is -0.698. The smallest absolute Gasteiger partial charge is 0.142 e. The van der Waals surface area contributed by atoms with Gasteiger partial charge in [0.05, 0.1) is 14.2 Å². The number of rotatable bonds is 4. The van der Waals surface area contributed by atoms with Crippen molar-refractivity contribution in [1.82, 2.24) is 0 Å². The lowest BCUT2D eigenvalue weighted by molar-refractivity contribution is 0.218. The second-order valence-electron chi connectivity index (χ2n) is 4.06. The number of hydrogen-bond donors (Lipinski definition) is 1. The van der Waals surface area contributed by atoms with Gasteiger partial charge in [0, 0.05) is 15.3 Å². The van der Waals surface area contributed by atoms with Crippen molar-refractivity contribution in [2.75, 3.05) is 14.2 Å². The molecule has 0 saturated carbocycles. The summed E-state index contributed by atoms with van der Waals surface area (Å²) in [5, 5.41) is 10.5. The Hall–Kier alpha value is -1.04. The third-order valence-corrected chi connectivity index (χ3v) is 4.65. The number of hydrogen-bond acceptors (Lipinski definition) is 4. The molecular weight excluding hydrogens is 328 g/mol. The fraction of sp³-hybridized carbons (Fsp3) is 0.286. The van der Waals surface area contributed by atoms with Crippen LogP contribution in [0.15, 0.2) is 28.7 Å². The van der Waals surface area contributed by atoms with Gasteiger partial charge in [-0.15, -0.1) is 11.3 Å². The maximum atomic E-state index is 10.5. The Morgan fingerprint density at radius 3 is 2.42 bits per heavy atom. The van der Waals surface area contributed by atoms with Gasteiger partial charge in [0.2, 0.25) is 0 Å². The number of aliphatic hydroxyl groups is 1. The van der Waals surface area contributed by atoms with Gasteiger partial charge in [0.15, 0.2) is 0 Å². The van der Waals surface area contributed by atoms with Gasteiger partial charge in [-0.2, -0.15) is 0 Å². The Balaban J connectivity index is 2.47. The molecule has 2 rings (SSSR count). The van der Waals surface area contributed by atoms with Gasteiger partial charge in [-0.25, -0.2) is 0 Å². The van der Waals surface area contributed by atoms with Gasteiger partial charge >= 0.3 is 0 Å². The molecule has 1 atom stereocenters. The Kier molecular flexibility index (Phi) is 4.50. The van der Waals surface area contributed by atoms with Crippen LogP contribution >= 0.6 is 27.3 Å². The SMILES string of the molecule is COc1ccc(C(O)c2ccc(C)s2)c(OC)c1Br. The predicted molar refractivity (Wildman–Crippen MR) is 80.4 cm³/mol. The molecule has 0 aliphatic carbocycles. The second kappa shape index (κ2) is 5.94. The third-order valence-electron chi connectivity index (χ3n) is 2.84. The van der Waals surface area contributed by atoms with Crippen molar-refractivity contribution >= 4 is 27.3 Å². The molecule has 0 fully saturated rings. The Morgan fingerprint density at radius 1 is 1.16 bits per heavy atom. The van der Waals surface area contributed by atoms with Crippen LogP contribution in [0.4, 0.5) is 0 Å². The summed E-state index contributed by atoms with van der Waals surface area (Å²) in [7, 11) is 3.17. The van der Waals surface area contributed by atoms with Crippen LogP contribution in [0.3, 0.4) is 0 Å². The fourth-order valence-corrected chi connectivity index (χ4v) is 3.45. The molecule has 0 aliphatic heterocycles. The molecule has 0 saturated heterocycles. The van der Waals surface area contributed by atoms with Gasteiger partial charge in [0.1, 0.15) is 22.1 Å². The van der Waals surface area contributed by atoms with Crippen LogP contribution in [0.25, 0.3) is 0 Å². The number of halogens is 1. The molecule has 2 aromatic rings. The molecule has 3 nitrogen and oxygen atoms in total. The zero-order valence-corrected chi connectivity index (χ0v) is 13.3. The fourth-order valence-electron chi connectivity index (χ4n) is 1.89. The molecule has 1 N–H and O–H groups in total. The minimum atomic E-state index is -0.698. The van der Waals surface area contributed by atoms with E-state index in [4.69, 9.17) is 9.47 Å². The van der Waals surface area contributed by atoms with Gasteiger partial charge in [-0.05, 0) is 47.1 Å². The van der Waals surface area contributed by atoms with E-state index in [0.29, 0.717) is 16.0 Å². The van der Waals surface area contributed by atoms with Crippen molar-refractivity contribution < 1.29 is 14.6 Å². The first kappa shape index (κ1) is 14.4. The average Bonchev–Trinajstić information content (AvgIpc) is 2.84. The van der Waals surface area contributed by atoms with Crippen molar-refractivity contribution in [3.8, 4) is 11.5 Å². The van der Waals surface area contributed by atoms with Crippen LogP contribution in [0.2, 0.25) is 0 Å². The largest absolute Gasteiger partial charge is 0.495 e. The molecule has 19 heavy (non-hydrogen) atoms. The van der Waals surface area contributed by atoms with Gasteiger partial charge < -0.3 is 14.6 Å². The van der Waals surface area contributed by atoms with E-state index in [1.54, 1.807) is 25.6 Å². The van der Waals surface area contributed by atoms with E-state index in [1.165, 1.54) is 4.88 Å². The highest BCUT2D eigenvalue weighted by molar-refractivity contribution is 9.10. The van der Waals surface area contributed by atoms with Crippen molar-refractivity contribution in [3.63, 3.8) is 0 Å². The van der Waals surface area contributed by atoms with E-state index in [0.717, 1.165) is 10.4 Å². The Morgan fingerprint density at radius 2 is 1.89 bits per heavy atom. The second-order valence-corrected chi connectivity index (χ2v) is 6.17. The maximum Gasteiger partial charge on any atom is 0.142 e. The van der Waals surface area contributed by atoms with Crippen LogP contribution in [0.1, 0.15) is 21.4 Å². The van der Waals surface area contributed by atoms with Crippen molar-refractivity contribution in [3.05, 3.63) is 44.1 Å². The van der Waals surface area contributed by atoms with E-state index >= 15 is 0 Å². The molecule has 0 bridgehead atoms. The Labute approximate surface area is 124 Å². The standard InChI is InChI=1S/C14H15BrO3S/c1-8-4-7-11(19-8)13(16)9-5-6-10(17-2)12(15)14(9)18-3/h4-7,13,16H,1-3H3. The van der Waals surface area contributed by atoms with Crippen LogP contribution < -0.4 is 9.47 Å². The van der Waals surface area contributed by atoms with Crippen LogP contribution in [0, 0.1) is 6.92 Å². The summed E-state index contributed by atoms with van der Waals surface area (Å²) in [5.41, 5.74) is 0.719. The molecule has 0 spiro atoms. The monoisotopic (exact) mass is 342 g/mol. The Bertz CT molecular complexity index is 580. The lowest BCUT2D eigenvalue weighted by Gasteiger charge is -2.16. The molecule has 0 aliphatic rings. The van der Waals surface area contributed by atoms with Gasteiger partial charge in [0.25, 0.3) is 0 Å². The minimum absolute atomic E-state index is 0.595. The van der Waals surface area contributed by atoms with E-state index in [9.17, 15) is 5.11 Å². The van der Waals surface area contributed by atoms with Gasteiger partial charge in [-0.3, -0.25) is 0 Å². The average molecular weight is 343 g/mol. The molecule has 102 valence electrons. The van der Waals surface area contributed by atoms with Crippen molar-refractivity contribution in [1.29, 1.82) is 0 Å². The van der Waals surface area contributed by atoms with Gasteiger partial charge in [-0.1, -0.05) is 0 Å². The molecule has 1 aromatic carbocycles. The number of benzene rings is 1. The summed E-state index contributed by atoms with van der Waals surface area (Å²) in [6.45, 7) is 2.02. The first-order valence-electron chi connectivity index (χ1n) is 5.73. The third kappa shape index (κ3) is 2.78. The highest BCUT2D eigenvalue weighted by Crippen LogP contribution is 2.42. The lowest BCUT2D eigenvalue weighted by atomic mass is 10.1. The number of methoxy groups -OCH3 is 2. The first-order valence-corrected chi connectivity index (χ1v) is 7.34. The van der Waals surface area contributed by atoms with Crippen LogP contribution in [-0.4, -0.2) is 19.3 Å². The summed E-state index contributed by atoms with van der Waals surface area (Å²) in [6, 6.07) is 7.56. The first-order chi connectivity index (χ1) is 9.08. The molecule has 0 amide bonds. The number of aliphatic hydroxyl groups excluding tert-OH is 1. The van der Waals surface area contributed by atoms with E-state index < -0.39 is 6.10 Å². The van der Waals surface area contributed by atoms with Crippen molar-refractivity contribution in [2.24, 2.45) is 0 Å². The maximum absolute atomic E-state index is 10.5. The summed E-state index contributed by atoms with van der Waals surface area (Å²) in [4.78, 5) is 2.06. The summed E-state index contributed by atoms with van der Waals surface area (Å²) >= 11 is 5.01. The molecule has 1 heterocycles. The number of aryl methyl sites for hydroxylation is 1. The molecular formula is C14H15BrO3S. The van der Waals surface area contributed by atoms with E-state index in [2.05, 4.69) is 15.9 Å². The normalized spacial score (nSPS) is 12.3. The molecule has 1 unspecified atom stereocenters. The van der Waals surface area contributed by atoms with E-state index in [-0.39, 0.29) is 0 Å². The summed E-state index contributed by atoms with van der Waals surface area (Å²) < 4.78 is 11.3. The zero-order valence-electron chi connectivity index (χ0n) is 10.9. The number of thiophene rings is 1. The minimum Gasteiger partial charge on any atom is -0.495 e.